The van der Waals surface area contributed by atoms with Crippen molar-refractivity contribution in [1.82, 2.24) is 9.13 Å². The zero-order chi connectivity index (χ0) is 22.5. The Labute approximate surface area is 229 Å². The summed E-state index contributed by atoms with van der Waals surface area (Å²) in [5.74, 6) is 0. The number of nitrogens with zero attached hydrogens (tertiary/aromatic N) is 2. The van der Waals surface area contributed by atoms with Crippen LogP contribution >= 0.6 is 0 Å². The fourth-order valence-electron chi connectivity index (χ4n) is 5.04. The Kier molecular flexibility index (Phi) is 5.64. The number of rotatable bonds is 3. The zero-order valence-corrected chi connectivity index (χ0v) is 21.9. The van der Waals surface area contributed by atoms with Crippen LogP contribution in [0.2, 0.25) is 0 Å². The number of benzene rings is 5. The minimum atomic E-state index is 0. The summed E-state index contributed by atoms with van der Waals surface area (Å²) < 4.78 is 4.47. The van der Waals surface area contributed by atoms with Crippen LogP contribution in [-0.2, 0) is 32.7 Å². The van der Waals surface area contributed by atoms with E-state index < -0.39 is 0 Å². The van der Waals surface area contributed by atoms with E-state index >= 15 is 0 Å². The van der Waals surface area contributed by atoms with E-state index in [9.17, 15) is 0 Å². The van der Waals surface area contributed by atoms with Crippen molar-refractivity contribution in [1.29, 1.82) is 0 Å². The van der Waals surface area contributed by atoms with Crippen molar-refractivity contribution in [2.75, 3.05) is 0 Å². The number of fused-ring (bicyclic) bond motifs is 4. The minimum absolute atomic E-state index is 0. The van der Waals surface area contributed by atoms with E-state index in [0.29, 0.717) is 0 Å². The van der Waals surface area contributed by atoms with E-state index in [1.165, 1.54) is 27.2 Å². The van der Waals surface area contributed by atoms with Gasteiger partial charge in [-0.2, -0.15) is 12.1 Å². The maximum absolute atomic E-state index is 3.65. The first-order valence-electron chi connectivity index (χ1n) is 11.5. The monoisotopic (exact) mass is 521 g/mol. The Morgan fingerprint density at radius 2 is 1.11 bits per heavy atom. The maximum Gasteiger partial charge on any atom is 0.0518 e. The molecule has 0 atom stereocenters. The molecular weight excluding hydrogens is 501 g/mol. The Morgan fingerprint density at radius 3 is 1.80 bits per heavy atom. The smallest absolute Gasteiger partial charge is 0.0518 e. The zero-order valence-electron chi connectivity index (χ0n) is 19.0. The van der Waals surface area contributed by atoms with Crippen LogP contribution in [0.1, 0.15) is 0 Å². The summed E-state index contributed by atoms with van der Waals surface area (Å²) in [6.45, 7) is 0. The van der Waals surface area contributed by atoms with Gasteiger partial charge in [0.2, 0.25) is 0 Å². The molecule has 0 spiro atoms. The maximum atomic E-state index is 3.65. The molecule has 0 fully saturated rings. The topological polar surface area (TPSA) is 9.86 Å². The minimum Gasteiger partial charge on any atom is -0.439 e. The average molecular weight is 521 g/mol. The molecule has 1 radical (unpaired) electrons. The molecule has 2 nitrogen and oxygen atoms in total. The van der Waals surface area contributed by atoms with Gasteiger partial charge in [-0.3, -0.25) is 0 Å². The predicted octanol–water partition coefficient (Wildman–Crippen LogP) is 7.99. The van der Waals surface area contributed by atoms with Crippen molar-refractivity contribution in [3.05, 3.63) is 134 Å². The van der Waals surface area contributed by atoms with Crippen molar-refractivity contribution in [2.45, 2.75) is 0 Å². The van der Waals surface area contributed by atoms with Crippen molar-refractivity contribution in [3.63, 3.8) is 0 Å². The van der Waals surface area contributed by atoms with Crippen LogP contribution in [-0.4, -0.2) is 9.13 Å². The van der Waals surface area contributed by atoms with Gasteiger partial charge >= 0.3 is 0 Å². The molecule has 5 aromatic carbocycles. The van der Waals surface area contributed by atoms with Crippen LogP contribution in [0.4, 0.5) is 0 Å². The first kappa shape index (κ1) is 22.0. The van der Waals surface area contributed by atoms with Crippen LogP contribution in [0.3, 0.4) is 0 Å². The third-order valence-corrected chi connectivity index (χ3v) is 6.55. The summed E-state index contributed by atoms with van der Waals surface area (Å²) in [4.78, 5) is 0. The quantitative estimate of drug-likeness (QED) is 0.209. The molecule has 163 valence electrons. The van der Waals surface area contributed by atoms with Gasteiger partial charge in [-0.25, -0.2) is 6.07 Å². The van der Waals surface area contributed by atoms with Gasteiger partial charge in [0.1, 0.15) is 0 Å². The molecule has 7 rings (SSSR count). The second-order valence-corrected chi connectivity index (χ2v) is 8.51. The van der Waals surface area contributed by atoms with Gasteiger partial charge < -0.3 is 9.13 Å². The molecule has 0 aliphatic rings. The Morgan fingerprint density at radius 1 is 0.543 bits per heavy atom. The largest absolute Gasteiger partial charge is 0.439 e. The Hall–Kier alpha value is -3.46. The van der Waals surface area contributed by atoms with Gasteiger partial charge in [0.05, 0.1) is 11.0 Å². The molecule has 0 N–H and O–H groups in total. The van der Waals surface area contributed by atoms with Crippen LogP contribution < -0.4 is 0 Å². The predicted molar refractivity (Wildman–Crippen MR) is 141 cm³/mol. The van der Waals surface area contributed by atoms with Gasteiger partial charge in [0.25, 0.3) is 0 Å². The van der Waals surface area contributed by atoms with E-state index in [1.807, 2.05) is 12.1 Å². The molecule has 2 aromatic heterocycles. The van der Waals surface area contributed by atoms with Gasteiger partial charge in [-0.1, -0.05) is 113 Å². The van der Waals surface area contributed by atoms with Crippen molar-refractivity contribution in [2.24, 2.45) is 0 Å². The third-order valence-electron chi connectivity index (χ3n) is 6.55. The van der Waals surface area contributed by atoms with Crippen molar-refractivity contribution >= 4 is 32.7 Å². The van der Waals surface area contributed by atoms with Gasteiger partial charge in [-0.15, -0.1) is 11.8 Å². The van der Waals surface area contributed by atoms with E-state index in [1.54, 1.807) is 0 Å². The number of para-hydroxylation sites is 3. The normalized spacial score (nSPS) is 11.2. The number of hydrogen-bond donors (Lipinski definition) is 0. The standard InChI is InChI=1S/C32H20N2.Y/c1-2-11-23(12-3-1)29-22-33(30-18-7-4-17-28(29)30)24-13-10-14-25(21-24)34-31-19-8-5-15-26(31)27-16-6-9-20-32(27)34;/h1-12,14-21H;/q-2;. The van der Waals surface area contributed by atoms with Crippen molar-refractivity contribution in [3.8, 4) is 22.5 Å². The molecule has 2 heterocycles. The van der Waals surface area contributed by atoms with E-state index in [-0.39, 0.29) is 32.7 Å². The average Bonchev–Trinajstić information content (AvgIpc) is 3.46. The van der Waals surface area contributed by atoms with E-state index in [4.69, 9.17) is 0 Å². The fourth-order valence-corrected chi connectivity index (χ4v) is 5.04. The van der Waals surface area contributed by atoms with E-state index in [0.717, 1.165) is 28.0 Å². The fraction of sp³-hybridized carbons (Fsp3) is 0. The molecule has 0 aliphatic carbocycles. The summed E-state index contributed by atoms with van der Waals surface area (Å²) in [7, 11) is 0. The third kappa shape index (κ3) is 3.57. The van der Waals surface area contributed by atoms with Crippen LogP contribution in [0.25, 0.3) is 55.2 Å². The molecule has 0 saturated carbocycles. The molecule has 3 heteroatoms. The summed E-state index contributed by atoms with van der Waals surface area (Å²) in [5.41, 5.74) is 7.87. The number of hydrogen-bond acceptors (Lipinski definition) is 0. The second kappa shape index (κ2) is 8.96. The Bertz CT molecular complexity index is 1760. The number of aromatic nitrogens is 2. The molecule has 0 unspecified atom stereocenters. The first-order chi connectivity index (χ1) is 16.9. The SMILES string of the molecule is [Y].[c-]1ccc(-n2c3ccccc3c3ccccc32)cc1-n1[c-]c(-c2ccccc2)c2ccccc21. The molecule has 0 bridgehead atoms. The molecule has 7 aromatic rings. The molecule has 0 amide bonds. The van der Waals surface area contributed by atoms with Gasteiger partial charge in [-0.05, 0) is 23.8 Å². The second-order valence-electron chi connectivity index (χ2n) is 8.51. The van der Waals surface area contributed by atoms with Crippen LogP contribution in [0.5, 0.6) is 0 Å². The molecular formula is C32H20N2Y-2. The summed E-state index contributed by atoms with van der Waals surface area (Å²) in [6, 6.07) is 46.0. The summed E-state index contributed by atoms with van der Waals surface area (Å²) >= 11 is 0. The molecule has 35 heavy (non-hydrogen) atoms. The van der Waals surface area contributed by atoms with Crippen LogP contribution in [0.15, 0.2) is 121 Å². The van der Waals surface area contributed by atoms with E-state index in [2.05, 4.69) is 131 Å². The molecule has 0 saturated heterocycles. The Balaban J connectivity index is 0.00000229. The van der Waals surface area contributed by atoms with Crippen molar-refractivity contribution < 1.29 is 32.7 Å². The first-order valence-corrected chi connectivity index (χ1v) is 11.5. The summed E-state index contributed by atoms with van der Waals surface area (Å²) in [6.07, 6.45) is 3.65. The van der Waals surface area contributed by atoms with Gasteiger partial charge in [0.15, 0.2) is 0 Å². The van der Waals surface area contributed by atoms with Crippen LogP contribution in [0, 0.1) is 12.3 Å². The van der Waals surface area contributed by atoms with Gasteiger partial charge in [0, 0.05) is 43.5 Å². The summed E-state index contributed by atoms with van der Waals surface area (Å²) in [5, 5.41) is 3.71. The molecule has 0 aliphatic heterocycles.